The van der Waals surface area contributed by atoms with E-state index in [0.717, 1.165) is 50.2 Å². The van der Waals surface area contributed by atoms with Gasteiger partial charge in [0.05, 0.1) is 12.1 Å². The highest BCUT2D eigenvalue weighted by molar-refractivity contribution is 6.17. The van der Waals surface area contributed by atoms with Gasteiger partial charge < -0.3 is 4.90 Å². The fourth-order valence-corrected chi connectivity index (χ4v) is 2.08. The minimum absolute atomic E-state index is 0.300. The zero-order valence-electron chi connectivity index (χ0n) is 11.3. The second kappa shape index (κ2) is 8.30. The number of aromatic nitrogens is 1. The normalized spacial score (nSPS) is 10.7. The van der Waals surface area contributed by atoms with Crippen LogP contribution in [-0.4, -0.2) is 18.1 Å². The van der Waals surface area contributed by atoms with Crippen molar-refractivity contribution in [3.8, 4) is 0 Å². The maximum atomic E-state index is 13.2. The van der Waals surface area contributed by atoms with Gasteiger partial charge in [0.15, 0.2) is 0 Å². The Morgan fingerprint density at radius 2 is 1.83 bits per heavy atom. The van der Waals surface area contributed by atoms with Crippen molar-refractivity contribution in [3.05, 3.63) is 23.6 Å². The molecule has 0 aliphatic carbocycles. The molecule has 0 N–H and O–H groups in total. The standard InChI is InChI=1S/C14H22ClFN2/c1-3-5-7-18(8-6-4-2)14-12(10-15)9-13(16)11-17-14/h9,11H,3-8,10H2,1-2H3. The monoisotopic (exact) mass is 272 g/mol. The number of alkyl halides is 1. The molecule has 0 saturated carbocycles. The number of rotatable bonds is 8. The number of pyridine rings is 1. The van der Waals surface area contributed by atoms with E-state index in [4.69, 9.17) is 11.6 Å². The van der Waals surface area contributed by atoms with Gasteiger partial charge in [0.1, 0.15) is 11.6 Å². The first-order chi connectivity index (χ1) is 8.72. The molecule has 0 aliphatic rings. The summed E-state index contributed by atoms with van der Waals surface area (Å²) >= 11 is 5.88. The average Bonchev–Trinajstić information content (AvgIpc) is 2.39. The summed E-state index contributed by atoms with van der Waals surface area (Å²) in [7, 11) is 0. The molecule has 18 heavy (non-hydrogen) atoms. The number of hydrogen-bond donors (Lipinski definition) is 0. The molecule has 0 aliphatic heterocycles. The van der Waals surface area contributed by atoms with Crippen molar-refractivity contribution in [2.75, 3.05) is 18.0 Å². The van der Waals surface area contributed by atoms with Crippen LogP contribution in [0.1, 0.15) is 45.1 Å². The number of nitrogens with zero attached hydrogens (tertiary/aromatic N) is 2. The lowest BCUT2D eigenvalue weighted by Crippen LogP contribution is -2.27. The van der Waals surface area contributed by atoms with E-state index in [0.29, 0.717) is 5.88 Å². The van der Waals surface area contributed by atoms with Crippen molar-refractivity contribution in [2.45, 2.75) is 45.4 Å². The molecule has 1 aromatic heterocycles. The van der Waals surface area contributed by atoms with E-state index in [1.165, 1.54) is 12.3 Å². The van der Waals surface area contributed by atoms with Gasteiger partial charge in [-0.3, -0.25) is 0 Å². The molecule has 1 rings (SSSR count). The summed E-state index contributed by atoms with van der Waals surface area (Å²) in [4.78, 5) is 6.45. The Labute approximate surface area is 114 Å². The Balaban J connectivity index is 2.88. The van der Waals surface area contributed by atoms with Crippen LogP contribution in [0.2, 0.25) is 0 Å². The van der Waals surface area contributed by atoms with Crippen LogP contribution in [0.4, 0.5) is 10.2 Å². The highest BCUT2D eigenvalue weighted by Crippen LogP contribution is 2.21. The summed E-state index contributed by atoms with van der Waals surface area (Å²) in [6.45, 7) is 6.25. The largest absolute Gasteiger partial charge is 0.356 e. The van der Waals surface area contributed by atoms with E-state index in [1.807, 2.05) is 0 Å². The molecular formula is C14H22ClFN2. The predicted molar refractivity (Wildman–Crippen MR) is 75.8 cm³/mol. The van der Waals surface area contributed by atoms with Crippen LogP contribution in [0.3, 0.4) is 0 Å². The average molecular weight is 273 g/mol. The second-order valence-corrected chi connectivity index (χ2v) is 4.73. The summed E-state index contributed by atoms with van der Waals surface area (Å²) in [5, 5.41) is 0. The van der Waals surface area contributed by atoms with Gasteiger partial charge in [-0.25, -0.2) is 9.37 Å². The third-order valence-corrected chi connectivity index (χ3v) is 3.20. The van der Waals surface area contributed by atoms with Crippen molar-refractivity contribution in [2.24, 2.45) is 0 Å². The summed E-state index contributed by atoms with van der Waals surface area (Å²) in [5.41, 5.74) is 0.781. The third-order valence-electron chi connectivity index (χ3n) is 2.92. The highest BCUT2D eigenvalue weighted by atomic mass is 35.5. The molecule has 1 aromatic rings. The Bertz CT molecular complexity index is 350. The van der Waals surface area contributed by atoms with Gasteiger partial charge in [-0.15, -0.1) is 11.6 Å². The fraction of sp³-hybridized carbons (Fsp3) is 0.643. The summed E-state index contributed by atoms with van der Waals surface area (Å²) < 4.78 is 13.2. The summed E-state index contributed by atoms with van der Waals surface area (Å²) in [6, 6.07) is 1.49. The van der Waals surface area contributed by atoms with Gasteiger partial charge in [-0.2, -0.15) is 0 Å². The Hall–Kier alpha value is -0.830. The Kier molecular flexibility index (Phi) is 7.02. The van der Waals surface area contributed by atoms with Crippen molar-refractivity contribution < 1.29 is 4.39 Å². The van der Waals surface area contributed by atoms with Crippen molar-refractivity contribution >= 4 is 17.4 Å². The molecule has 0 atom stereocenters. The molecule has 0 amide bonds. The Morgan fingerprint density at radius 3 is 2.33 bits per heavy atom. The second-order valence-electron chi connectivity index (χ2n) is 4.46. The molecule has 4 heteroatoms. The minimum Gasteiger partial charge on any atom is -0.356 e. The van der Waals surface area contributed by atoms with Gasteiger partial charge in [0.25, 0.3) is 0 Å². The van der Waals surface area contributed by atoms with Gasteiger partial charge >= 0.3 is 0 Å². The maximum Gasteiger partial charge on any atom is 0.141 e. The molecule has 2 nitrogen and oxygen atoms in total. The molecule has 102 valence electrons. The molecular weight excluding hydrogens is 251 g/mol. The van der Waals surface area contributed by atoms with E-state index in [2.05, 4.69) is 23.7 Å². The zero-order valence-corrected chi connectivity index (χ0v) is 12.0. The first-order valence-corrected chi connectivity index (χ1v) is 7.21. The fourth-order valence-electron chi connectivity index (χ4n) is 1.88. The van der Waals surface area contributed by atoms with Gasteiger partial charge in [-0.05, 0) is 18.9 Å². The quantitative estimate of drug-likeness (QED) is 0.654. The zero-order chi connectivity index (χ0) is 13.4. The lowest BCUT2D eigenvalue weighted by molar-refractivity contribution is 0.615. The molecule has 0 aromatic carbocycles. The van der Waals surface area contributed by atoms with E-state index < -0.39 is 0 Å². The maximum absolute atomic E-state index is 13.2. The van der Waals surface area contributed by atoms with Crippen LogP contribution >= 0.6 is 11.6 Å². The topological polar surface area (TPSA) is 16.1 Å². The molecule has 0 spiro atoms. The molecule has 0 unspecified atom stereocenters. The first kappa shape index (κ1) is 15.2. The predicted octanol–water partition coefficient (Wildman–Crippen LogP) is 4.37. The number of unbranched alkanes of at least 4 members (excludes halogenated alkanes) is 2. The van der Waals surface area contributed by atoms with Crippen molar-refractivity contribution in [1.82, 2.24) is 4.98 Å². The number of anilines is 1. The number of halogens is 2. The SMILES string of the molecule is CCCCN(CCCC)c1ncc(F)cc1CCl. The molecule has 0 fully saturated rings. The summed E-state index contributed by atoms with van der Waals surface area (Å²) in [6.07, 6.45) is 5.78. The van der Waals surface area contributed by atoms with Gasteiger partial charge in [0.2, 0.25) is 0 Å². The molecule has 1 heterocycles. The summed E-state index contributed by atoms with van der Waals surface area (Å²) in [5.74, 6) is 0.822. The van der Waals surface area contributed by atoms with E-state index in [1.54, 1.807) is 0 Å². The van der Waals surface area contributed by atoms with Crippen LogP contribution in [0.15, 0.2) is 12.3 Å². The van der Waals surface area contributed by atoms with Gasteiger partial charge in [-0.1, -0.05) is 26.7 Å². The molecule has 0 saturated heterocycles. The van der Waals surface area contributed by atoms with Crippen LogP contribution in [0, 0.1) is 5.82 Å². The van der Waals surface area contributed by atoms with Crippen LogP contribution in [0.25, 0.3) is 0 Å². The molecule has 0 bridgehead atoms. The third kappa shape index (κ3) is 4.45. The van der Waals surface area contributed by atoms with E-state index in [9.17, 15) is 4.39 Å². The molecule has 0 radical (unpaired) electrons. The van der Waals surface area contributed by atoms with Crippen LogP contribution in [-0.2, 0) is 5.88 Å². The van der Waals surface area contributed by atoms with Crippen LogP contribution in [0.5, 0.6) is 0 Å². The number of hydrogen-bond acceptors (Lipinski definition) is 2. The van der Waals surface area contributed by atoms with E-state index >= 15 is 0 Å². The van der Waals surface area contributed by atoms with E-state index in [-0.39, 0.29) is 5.82 Å². The first-order valence-electron chi connectivity index (χ1n) is 6.68. The minimum atomic E-state index is -0.319. The highest BCUT2D eigenvalue weighted by Gasteiger charge is 2.12. The Morgan fingerprint density at radius 1 is 1.22 bits per heavy atom. The lowest BCUT2D eigenvalue weighted by Gasteiger charge is -2.25. The lowest BCUT2D eigenvalue weighted by atomic mass is 10.2. The van der Waals surface area contributed by atoms with Crippen molar-refractivity contribution in [3.63, 3.8) is 0 Å². The smallest absolute Gasteiger partial charge is 0.141 e. The van der Waals surface area contributed by atoms with Crippen molar-refractivity contribution in [1.29, 1.82) is 0 Å². The van der Waals surface area contributed by atoms with Gasteiger partial charge in [0, 0.05) is 18.7 Å². The van der Waals surface area contributed by atoms with Crippen LogP contribution < -0.4 is 4.90 Å².